The molecular weight excluding hydrogens is 268 g/mol. The van der Waals surface area contributed by atoms with Crippen molar-refractivity contribution in [1.29, 1.82) is 0 Å². The maximum atomic E-state index is 12.2. The fraction of sp³-hybridized carbons (Fsp3) is 0.545. The summed E-state index contributed by atoms with van der Waals surface area (Å²) in [5.41, 5.74) is 5.34. The molecule has 7 nitrogen and oxygen atoms in total. The van der Waals surface area contributed by atoms with Crippen LogP contribution in [0, 0.1) is 0 Å². The van der Waals surface area contributed by atoms with Crippen LogP contribution in [0.4, 0.5) is 0 Å². The van der Waals surface area contributed by atoms with E-state index in [1.54, 1.807) is 7.05 Å². The molecule has 0 unspecified atom stereocenters. The Bertz CT molecular complexity index is 573. The molecule has 8 heteroatoms. The van der Waals surface area contributed by atoms with Gasteiger partial charge in [0.1, 0.15) is 10.6 Å². The van der Waals surface area contributed by atoms with Gasteiger partial charge >= 0.3 is 0 Å². The van der Waals surface area contributed by atoms with Gasteiger partial charge in [0.05, 0.1) is 0 Å². The van der Waals surface area contributed by atoms with Gasteiger partial charge in [-0.1, -0.05) is 0 Å². The van der Waals surface area contributed by atoms with Crippen molar-refractivity contribution in [2.75, 3.05) is 13.1 Å². The van der Waals surface area contributed by atoms with E-state index in [1.165, 1.54) is 16.8 Å². The van der Waals surface area contributed by atoms with Gasteiger partial charge in [-0.15, -0.1) is 0 Å². The summed E-state index contributed by atoms with van der Waals surface area (Å²) >= 11 is 0. The number of nitrogens with one attached hydrogen (secondary N) is 2. The Morgan fingerprint density at radius 2 is 2.32 bits per heavy atom. The maximum Gasteiger partial charge on any atom is 0.265 e. The van der Waals surface area contributed by atoms with Gasteiger partial charge in [0, 0.05) is 25.8 Å². The molecule has 106 valence electrons. The molecule has 0 aromatic carbocycles. The fourth-order valence-electron chi connectivity index (χ4n) is 2.17. The third-order valence-corrected chi connectivity index (χ3v) is 4.65. The van der Waals surface area contributed by atoms with E-state index in [-0.39, 0.29) is 16.6 Å². The number of rotatable bonds is 4. The predicted octanol–water partition coefficient (Wildman–Crippen LogP) is -0.846. The summed E-state index contributed by atoms with van der Waals surface area (Å²) in [6.45, 7) is 1.53. The van der Waals surface area contributed by atoms with E-state index in [0.717, 1.165) is 19.4 Å². The van der Waals surface area contributed by atoms with Crippen LogP contribution in [0.5, 0.6) is 0 Å². The van der Waals surface area contributed by atoms with Crippen LogP contribution in [0.25, 0.3) is 0 Å². The first kappa shape index (κ1) is 14.0. The zero-order chi connectivity index (χ0) is 14.0. The molecular formula is C11H18N4O3S. The number of primary amides is 1. The van der Waals surface area contributed by atoms with E-state index in [2.05, 4.69) is 10.0 Å². The second-order valence-electron chi connectivity index (χ2n) is 4.70. The number of aromatic nitrogens is 1. The van der Waals surface area contributed by atoms with Gasteiger partial charge in [-0.3, -0.25) is 4.79 Å². The van der Waals surface area contributed by atoms with Crippen LogP contribution in [-0.2, 0) is 17.1 Å². The Labute approximate surface area is 112 Å². The first-order valence-corrected chi connectivity index (χ1v) is 7.57. The quantitative estimate of drug-likeness (QED) is 0.670. The average molecular weight is 286 g/mol. The van der Waals surface area contributed by atoms with Gasteiger partial charge in [0.25, 0.3) is 5.91 Å². The van der Waals surface area contributed by atoms with E-state index in [1.807, 2.05) is 0 Å². The number of carbonyl (C=O) groups excluding carboxylic acids is 1. The lowest BCUT2D eigenvalue weighted by molar-refractivity contribution is 0.0992. The monoisotopic (exact) mass is 286 g/mol. The van der Waals surface area contributed by atoms with Crippen molar-refractivity contribution in [3.63, 3.8) is 0 Å². The summed E-state index contributed by atoms with van der Waals surface area (Å²) in [5.74, 6) is -0.650. The Morgan fingerprint density at radius 1 is 1.58 bits per heavy atom. The largest absolute Gasteiger partial charge is 0.364 e. The van der Waals surface area contributed by atoms with Gasteiger partial charge in [0.15, 0.2) is 0 Å². The van der Waals surface area contributed by atoms with Crippen LogP contribution in [0.2, 0.25) is 0 Å². The van der Waals surface area contributed by atoms with Crippen molar-refractivity contribution in [2.24, 2.45) is 12.8 Å². The first-order valence-electron chi connectivity index (χ1n) is 6.09. The smallest absolute Gasteiger partial charge is 0.265 e. The highest BCUT2D eigenvalue weighted by Gasteiger charge is 2.24. The maximum absolute atomic E-state index is 12.2. The average Bonchev–Trinajstić information content (AvgIpc) is 2.73. The van der Waals surface area contributed by atoms with Crippen LogP contribution in [-0.4, -0.2) is 38.0 Å². The van der Waals surface area contributed by atoms with Crippen LogP contribution in [0.15, 0.2) is 17.2 Å². The summed E-state index contributed by atoms with van der Waals surface area (Å²) in [4.78, 5) is 11.2. The summed E-state index contributed by atoms with van der Waals surface area (Å²) < 4.78 is 28.4. The Kier molecular flexibility index (Phi) is 3.93. The molecule has 1 aliphatic heterocycles. The minimum atomic E-state index is -3.61. The molecule has 0 radical (unpaired) electrons. The molecule has 1 aliphatic rings. The second kappa shape index (κ2) is 5.32. The number of hydrogen-bond acceptors (Lipinski definition) is 4. The van der Waals surface area contributed by atoms with Gasteiger partial charge in [-0.05, 0) is 25.5 Å². The molecule has 1 amide bonds. The van der Waals surface area contributed by atoms with Gasteiger partial charge in [-0.2, -0.15) is 0 Å². The van der Waals surface area contributed by atoms with Crippen LogP contribution >= 0.6 is 0 Å². The zero-order valence-corrected chi connectivity index (χ0v) is 11.5. The van der Waals surface area contributed by atoms with E-state index in [9.17, 15) is 13.2 Å². The fourth-order valence-corrected chi connectivity index (χ4v) is 3.51. The van der Waals surface area contributed by atoms with Crippen molar-refractivity contribution < 1.29 is 13.2 Å². The van der Waals surface area contributed by atoms with Gasteiger partial charge in [-0.25, -0.2) is 13.1 Å². The number of sulfonamides is 1. The lowest BCUT2D eigenvalue weighted by atomic mass is 10.1. The van der Waals surface area contributed by atoms with E-state index in [4.69, 9.17) is 5.73 Å². The number of nitrogens with zero attached hydrogens (tertiary/aromatic N) is 1. The summed E-state index contributed by atoms with van der Waals surface area (Å²) in [5, 5.41) is 3.14. The molecule has 0 spiro atoms. The topological polar surface area (TPSA) is 106 Å². The molecule has 19 heavy (non-hydrogen) atoms. The molecule has 4 N–H and O–H groups in total. The molecule has 0 bridgehead atoms. The number of aryl methyl sites for hydroxylation is 1. The van der Waals surface area contributed by atoms with E-state index in [0.29, 0.717) is 6.54 Å². The van der Waals surface area contributed by atoms with Crippen molar-refractivity contribution >= 4 is 15.9 Å². The lowest BCUT2D eigenvalue weighted by Crippen LogP contribution is -2.45. The number of hydrogen-bond donors (Lipinski definition) is 3. The minimum absolute atomic E-state index is 0.0642. The molecule has 1 atom stereocenters. The summed E-state index contributed by atoms with van der Waals surface area (Å²) in [7, 11) is -2.03. The molecule has 0 aliphatic carbocycles. The number of amides is 1. The number of carbonyl (C=O) groups is 1. The third kappa shape index (κ3) is 3.14. The zero-order valence-electron chi connectivity index (χ0n) is 10.7. The molecule has 1 saturated heterocycles. The van der Waals surface area contributed by atoms with Gasteiger partial charge in [0.2, 0.25) is 10.0 Å². The summed E-state index contributed by atoms with van der Waals surface area (Å²) in [6, 6.07) is 1.18. The highest BCUT2D eigenvalue weighted by atomic mass is 32.2. The van der Waals surface area contributed by atoms with E-state index >= 15 is 0 Å². The SMILES string of the molecule is Cn1cc(S(=O)(=O)N[C@H]2CCCNC2)cc1C(N)=O. The lowest BCUT2D eigenvalue weighted by Gasteiger charge is -2.23. The second-order valence-corrected chi connectivity index (χ2v) is 6.41. The minimum Gasteiger partial charge on any atom is -0.364 e. The number of nitrogens with two attached hydrogens (primary N) is 1. The third-order valence-electron chi connectivity index (χ3n) is 3.16. The number of piperidine rings is 1. The Balaban J connectivity index is 2.19. The standard InChI is InChI=1S/C11H18N4O3S/c1-15-7-9(5-10(15)11(12)16)19(17,18)14-8-3-2-4-13-6-8/h5,7-8,13-14H,2-4,6H2,1H3,(H2,12,16)/t8-/m0/s1. The van der Waals surface area contributed by atoms with Crippen LogP contribution < -0.4 is 15.8 Å². The van der Waals surface area contributed by atoms with Crippen LogP contribution in [0.1, 0.15) is 23.3 Å². The van der Waals surface area contributed by atoms with E-state index < -0.39 is 15.9 Å². The molecule has 2 heterocycles. The molecule has 0 saturated carbocycles. The molecule has 1 fully saturated rings. The Hall–Kier alpha value is -1.38. The van der Waals surface area contributed by atoms with Crippen molar-refractivity contribution in [2.45, 2.75) is 23.8 Å². The molecule has 1 aromatic rings. The molecule has 2 rings (SSSR count). The van der Waals surface area contributed by atoms with Crippen LogP contribution in [0.3, 0.4) is 0 Å². The van der Waals surface area contributed by atoms with Crippen molar-refractivity contribution in [1.82, 2.24) is 14.6 Å². The normalized spacial score (nSPS) is 20.4. The van der Waals surface area contributed by atoms with Crippen molar-refractivity contribution in [3.8, 4) is 0 Å². The van der Waals surface area contributed by atoms with Gasteiger partial charge < -0.3 is 15.6 Å². The first-order chi connectivity index (χ1) is 8.90. The van der Waals surface area contributed by atoms with Crippen molar-refractivity contribution in [3.05, 3.63) is 18.0 Å². The molecule has 1 aromatic heterocycles. The highest BCUT2D eigenvalue weighted by Crippen LogP contribution is 2.14. The highest BCUT2D eigenvalue weighted by molar-refractivity contribution is 7.89. The summed E-state index contributed by atoms with van der Waals surface area (Å²) in [6.07, 6.45) is 3.13. The Morgan fingerprint density at radius 3 is 2.84 bits per heavy atom. The predicted molar refractivity (Wildman–Crippen MR) is 70.1 cm³/mol.